The molecule has 0 unspecified atom stereocenters. The Morgan fingerprint density at radius 1 is 1.37 bits per heavy atom. The standard InChI is InChI=1S/C17H18BrN3O5.Na/c1-10-9-20(2)16(25)14(15(10)24)21(12-5-3-4-11(18)8-12)17(26)19-7-6-13(22)23;/h3-5,8-9,24H,6-7H2,1-2H3,(H,19,26)(H,22,23);/q;+1/p-1. The number of aromatic hydroxyl groups is 1. The number of aryl methyl sites for hydroxylation is 2. The van der Waals surface area contributed by atoms with E-state index in [1.807, 2.05) is 0 Å². The second-order valence-corrected chi connectivity index (χ2v) is 6.51. The van der Waals surface area contributed by atoms with Crippen LogP contribution in [0.25, 0.3) is 0 Å². The molecule has 2 rings (SSSR count). The molecule has 0 saturated heterocycles. The average molecular weight is 446 g/mol. The van der Waals surface area contributed by atoms with Gasteiger partial charge < -0.3 is 24.9 Å². The molecule has 0 aliphatic heterocycles. The minimum Gasteiger partial charge on any atom is -0.550 e. The van der Waals surface area contributed by atoms with Gasteiger partial charge >= 0.3 is 35.6 Å². The molecule has 8 nitrogen and oxygen atoms in total. The molecule has 10 heteroatoms. The van der Waals surface area contributed by atoms with Gasteiger partial charge in [-0.15, -0.1) is 0 Å². The monoisotopic (exact) mass is 445 g/mol. The average Bonchev–Trinajstić information content (AvgIpc) is 2.56. The van der Waals surface area contributed by atoms with E-state index in [0.717, 1.165) is 4.90 Å². The summed E-state index contributed by atoms with van der Waals surface area (Å²) in [6.07, 6.45) is 1.07. The van der Waals surface area contributed by atoms with Crippen LogP contribution in [0.1, 0.15) is 12.0 Å². The zero-order chi connectivity index (χ0) is 19.4. The molecule has 1 aromatic heterocycles. The number of nitrogens with zero attached hydrogens (tertiary/aromatic N) is 2. The van der Waals surface area contributed by atoms with E-state index in [1.165, 1.54) is 17.8 Å². The number of benzene rings is 1. The number of anilines is 2. The van der Waals surface area contributed by atoms with Gasteiger partial charge in [0.2, 0.25) is 0 Å². The summed E-state index contributed by atoms with van der Waals surface area (Å²) in [5.41, 5.74) is -0.0763. The van der Waals surface area contributed by atoms with E-state index in [-0.39, 0.29) is 54.0 Å². The first-order valence-electron chi connectivity index (χ1n) is 7.65. The van der Waals surface area contributed by atoms with Gasteiger partial charge in [-0.05, 0) is 25.1 Å². The SMILES string of the molecule is Cc1cn(C)c(=O)c(N(C(=O)NCCC(=O)[O-])c2cccc(Br)c2)c1O.[Na+]. The molecular weight excluding hydrogens is 429 g/mol. The number of aliphatic carboxylic acids is 1. The van der Waals surface area contributed by atoms with Crippen LogP contribution in [0.5, 0.6) is 5.75 Å². The summed E-state index contributed by atoms with van der Waals surface area (Å²) in [5, 5.41) is 23.4. The summed E-state index contributed by atoms with van der Waals surface area (Å²) < 4.78 is 1.91. The Morgan fingerprint density at radius 2 is 2.04 bits per heavy atom. The number of carbonyl (C=O) groups is 2. The molecule has 1 heterocycles. The van der Waals surface area contributed by atoms with Gasteiger partial charge in [0.15, 0.2) is 5.69 Å². The second kappa shape index (κ2) is 9.93. The molecule has 0 aliphatic rings. The molecule has 0 saturated carbocycles. The Balaban J connectivity index is 0.00000364. The summed E-state index contributed by atoms with van der Waals surface area (Å²) in [6.45, 7) is 1.42. The molecule has 0 fully saturated rings. The van der Waals surface area contributed by atoms with Crippen molar-refractivity contribution in [2.75, 3.05) is 11.4 Å². The van der Waals surface area contributed by atoms with Crippen LogP contribution in [0, 0.1) is 6.92 Å². The van der Waals surface area contributed by atoms with Gasteiger partial charge in [0.1, 0.15) is 5.75 Å². The molecule has 0 radical (unpaired) electrons. The van der Waals surface area contributed by atoms with Crippen LogP contribution >= 0.6 is 15.9 Å². The number of rotatable bonds is 5. The fourth-order valence-corrected chi connectivity index (χ4v) is 2.77. The van der Waals surface area contributed by atoms with Crippen LogP contribution in [-0.4, -0.2) is 28.2 Å². The minimum atomic E-state index is -1.31. The van der Waals surface area contributed by atoms with Crippen molar-refractivity contribution < 1.29 is 49.4 Å². The van der Waals surface area contributed by atoms with Crippen molar-refractivity contribution in [1.29, 1.82) is 0 Å². The Hall–Kier alpha value is -1.81. The third kappa shape index (κ3) is 5.58. The molecule has 0 atom stereocenters. The Kier molecular flexibility index (Phi) is 8.55. The third-order valence-corrected chi connectivity index (χ3v) is 4.10. The van der Waals surface area contributed by atoms with E-state index in [2.05, 4.69) is 21.2 Å². The molecule has 2 N–H and O–H groups in total. The molecule has 138 valence electrons. The number of pyridine rings is 1. The number of hydrogen-bond acceptors (Lipinski definition) is 5. The molecule has 0 spiro atoms. The number of carboxylic acids is 1. The van der Waals surface area contributed by atoms with Gasteiger partial charge in [-0.25, -0.2) is 4.79 Å². The second-order valence-electron chi connectivity index (χ2n) is 5.59. The van der Waals surface area contributed by atoms with E-state index in [0.29, 0.717) is 15.7 Å². The van der Waals surface area contributed by atoms with E-state index < -0.39 is 17.6 Å². The number of halogens is 1. The predicted octanol–water partition coefficient (Wildman–Crippen LogP) is -1.85. The maximum absolute atomic E-state index is 12.7. The van der Waals surface area contributed by atoms with Gasteiger partial charge in [-0.2, -0.15) is 0 Å². The molecule has 1 aromatic carbocycles. The number of urea groups is 1. The summed E-state index contributed by atoms with van der Waals surface area (Å²) >= 11 is 3.30. The molecule has 2 amide bonds. The Bertz CT molecular complexity index is 916. The summed E-state index contributed by atoms with van der Waals surface area (Å²) in [4.78, 5) is 36.9. The Labute approximate surface area is 186 Å². The number of amides is 2. The van der Waals surface area contributed by atoms with E-state index >= 15 is 0 Å². The van der Waals surface area contributed by atoms with Gasteiger partial charge in [-0.3, -0.25) is 9.69 Å². The van der Waals surface area contributed by atoms with E-state index in [9.17, 15) is 24.6 Å². The fourth-order valence-electron chi connectivity index (χ4n) is 2.38. The zero-order valence-corrected chi connectivity index (χ0v) is 18.7. The summed E-state index contributed by atoms with van der Waals surface area (Å²) in [6, 6.07) is 5.84. The van der Waals surface area contributed by atoms with Crippen molar-refractivity contribution >= 4 is 39.3 Å². The summed E-state index contributed by atoms with van der Waals surface area (Å²) in [7, 11) is 1.51. The maximum atomic E-state index is 12.7. The number of aromatic nitrogens is 1. The molecule has 2 aromatic rings. The van der Waals surface area contributed by atoms with Crippen LogP contribution in [-0.2, 0) is 11.8 Å². The summed E-state index contributed by atoms with van der Waals surface area (Å²) in [5.74, 6) is -1.64. The van der Waals surface area contributed by atoms with Crippen molar-refractivity contribution in [3.63, 3.8) is 0 Å². The van der Waals surface area contributed by atoms with Gasteiger partial charge in [0, 0.05) is 42.2 Å². The van der Waals surface area contributed by atoms with Crippen molar-refractivity contribution in [3.8, 4) is 5.75 Å². The van der Waals surface area contributed by atoms with Crippen LogP contribution in [0.3, 0.4) is 0 Å². The number of carbonyl (C=O) groups excluding carboxylic acids is 2. The molecular formula is C17H17BrN3NaO5. The van der Waals surface area contributed by atoms with Gasteiger partial charge in [0.25, 0.3) is 5.56 Å². The molecule has 27 heavy (non-hydrogen) atoms. The van der Waals surface area contributed by atoms with Crippen molar-refractivity contribution in [2.45, 2.75) is 13.3 Å². The predicted molar refractivity (Wildman–Crippen MR) is 97.4 cm³/mol. The van der Waals surface area contributed by atoms with Crippen molar-refractivity contribution in [2.24, 2.45) is 7.05 Å². The van der Waals surface area contributed by atoms with Gasteiger partial charge in [-0.1, -0.05) is 22.0 Å². The maximum Gasteiger partial charge on any atom is 1.00 e. The number of nitrogens with one attached hydrogen (secondary N) is 1. The normalized spacial score (nSPS) is 10.0. The van der Waals surface area contributed by atoms with Crippen LogP contribution < -0.4 is 50.4 Å². The van der Waals surface area contributed by atoms with Crippen LogP contribution in [0.2, 0.25) is 0 Å². The van der Waals surface area contributed by atoms with Crippen molar-refractivity contribution in [3.05, 3.63) is 50.9 Å². The topological polar surface area (TPSA) is 115 Å². The first kappa shape index (κ1) is 23.2. The number of carboxylic acid groups (broad SMARTS) is 1. The Morgan fingerprint density at radius 3 is 2.63 bits per heavy atom. The van der Waals surface area contributed by atoms with Crippen molar-refractivity contribution in [1.82, 2.24) is 9.88 Å². The van der Waals surface area contributed by atoms with Crippen LogP contribution in [0.15, 0.2) is 39.7 Å². The van der Waals surface area contributed by atoms with E-state index in [4.69, 9.17) is 0 Å². The van der Waals surface area contributed by atoms with Gasteiger partial charge in [0.05, 0.1) is 5.69 Å². The third-order valence-electron chi connectivity index (χ3n) is 3.61. The largest absolute Gasteiger partial charge is 1.00 e. The first-order chi connectivity index (χ1) is 12.2. The van der Waals surface area contributed by atoms with E-state index in [1.54, 1.807) is 31.2 Å². The number of hydrogen-bond donors (Lipinski definition) is 2. The molecule has 0 bridgehead atoms. The quantitative estimate of drug-likeness (QED) is 0.524. The smallest absolute Gasteiger partial charge is 0.550 e. The zero-order valence-electron chi connectivity index (χ0n) is 15.2. The molecule has 0 aliphatic carbocycles. The first-order valence-corrected chi connectivity index (χ1v) is 8.44. The van der Waals surface area contributed by atoms with Crippen LogP contribution in [0.4, 0.5) is 16.2 Å². The fraction of sp³-hybridized carbons (Fsp3) is 0.235. The minimum absolute atomic E-state index is 0.